The molecule has 1 aromatic heterocycles. The van der Waals surface area contributed by atoms with Crippen molar-refractivity contribution >= 4 is 17.6 Å². The van der Waals surface area contributed by atoms with Gasteiger partial charge in [-0.2, -0.15) is 0 Å². The summed E-state index contributed by atoms with van der Waals surface area (Å²) in [5.41, 5.74) is -0.839. The number of aromatic nitrogens is 1. The maximum atomic E-state index is 13.4. The number of amides is 1. The Morgan fingerprint density at radius 1 is 1.15 bits per heavy atom. The Morgan fingerprint density at radius 3 is 2.55 bits per heavy atom. The summed E-state index contributed by atoms with van der Waals surface area (Å²) >= 11 is 0. The first-order valence-corrected chi connectivity index (χ1v) is 5.42. The van der Waals surface area contributed by atoms with Gasteiger partial charge in [0, 0.05) is 6.20 Å². The second-order valence-electron chi connectivity index (χ2n) is 3.80. The van der Waals surface area contributed by atoms with Crippen LogP contribution in [0.1, 0.15) is 20.7 Å². The number of aromatic carboxylic acids is 1. The number of nitrogens with one attached hydrogen (secondary N) is 1. The largest absolute Gasteiger partial charge is 0.478 e. The zero-order valence-electron chi connectivity index (χ0n) is 9.93. The Morgan fingerprint density at radius 2 is 1.90 bits per heavy atom. The molecule has 5 nitrogen and oxygen atoms in total. The van der Waals surface area contributed by atoms with Crippen LogP contribution in [0.25, 0.3) is 0 Å². The third kappa shape index (κ3) is 2.77. The number of carboxylic acids is 1. The van der Waals surface area contributed by atoms with Crippen molar-refractivity contribution in [3.05, 3.63) is 59.4 Å². The summed E-state index contributed by atoms with van der Waals surface area (Å²) < 4.78 is 26.4. The van der Waals surface area contributed by atoms with E-state index in [0.29, 0.717) is 0 Å². The fourth-order valence-corrected chi connectivity index (χ4v) is 1.55. The molecule has 0 aliphatic rings. The molecule has 7 heteroatoms. The fourth-order valence-electron chi connectivity index (χ4n) is 1.55. The number of halogens is 2. The summed E-state index contributed by atoms with van der Waals surface area (Å²) in [5.74, 6) is -3.85. The lowest BCUT2D eigenvalue weighted by Gasteiger charge is -2.08. The van der Waals surface area contributed by atoms with Crippen molar-refractivity contribution in [2.24, 2.45) is 0 Å². The van der Waals surface area contributed by atoms with Crippen molar-refractivity contribution in [1.29, 1.82) is 0 Å². The molecule has 0 unspecified atom stereocenters. The van der Waals surface area contributed by atoms with Crippen LogP contribution in [0.2, 0.25) is 0 Å². The number of benzene rings is 1. The first-order valence-electron chi connectivity index (χ1n) is 5.42. The van der Waals surface area contributed by atoms with Gasteiger partial charge in [0.15, 0.2) is 5.82 Å². The number of anilines is 1. The Kier molecular flexibility index (Phi) is 3.69. The van der Waals surface area contributed by atoms with Gasteiger partial charge in [-0.1, -0.05) is 0 Å². The van der Waals surface area contributed by atoms with E-state index in [4.69, 9.17) is 5.11 Å². The molecule has 102 valence electrons. The first kappa shape index (κ1) is 13.6. The normalized spacial score (nSPS) is 10.1. The van der Waals surface area contributed by atoms with E-state index in [-0.39, 0.29) is 11.3 Å². The molecule has 20 heavy (non-hydrogen) atoms. The number of carbonyl (C=O) groups excluding carboxylic acids is 1. The highest BCUT2D eigenvalue weighted by Crippen LogP contribution is 2.18. The molecule has 0 bridgehead atoms. The molecule has 0 aliphatic carbocycles. The zero-order chi connectivity index (χ0) is 14.7. The number of carboxylic acid groups (broad SMARTS) is 1. The molecule has 1 amide bonds. The van der Waals surface area contributed by atoms with Gasteiger partial charge in [0.25, 0.3) is 5.91 Å². The van der Waals surface area contributed by atoms with Crippen LogP contribution in [0.4, 0.5) is 14.5 Å². The molecule has 2 N–H and O–H groups in total. The van der Waals surface area contributed by atoms with Gasteiger partial charge in [0.2, 0.25) is 0 Å². The molecule has 0 fully saturated rings. The number of hydrogen-bond donors (Lipinski definition) is 2. The van der Waals surface area contributed by atoms with Crippen molar-refractivity contribution in [1.82, 2.24) is 4.98 Å². The van der Waals surface area contributed by atoms with E-state index < -0.39 is 29.1 Å². The number of pyridine rings is 1. The molecule has 0 radical (unpaired) electrons. The van der Waals surface area contributed by atoms with Crippen LogP contribution in [0.15, 0.2) is 36.7 Å². The van der Waals surface area contributed by atoms with Gasteiger partial charge in [0.1, 0.15) is 5.82 Å². The molecule has 0 spiro atoms. The number of nitrogens with zero attached hydrogens (tertiary/aromatic N) is 1. The van der Waals surface area contributed by atoms with Gasteiger partial charge in [-0.3, -0.25) is 9.78 Å². The number of rotatable bonds is 3. The Hall–Kier alpha value is -2.83. The zero-order valence-corrected chi connectivity index (χ0v) is 9.93. The lowest BCUT2D eigenvalue weighted by Crippen LogP contribution is -2.16. The second kappa shape index (κ2) is 5.43. The monoisotopic (exact) mass is 278 g/mol. The van der Waals surface area contributed by atoms with E-state index in [0.717, 1.165) is 30.5 Å². The van der Waals surface area contributed by atoms with Crippen LogP contribution >= 0.6 is 0 Å². The molecule has 2 rings (SSSR count). The molecule has 0 saturated heterocycles. The van der Waals surface area contributed by atoms with Crippen LogP contribution in [-0.2, 0) is 0 Å². The summed E-state index contributed by atoms with van der Waals surface area (Å²) in [6.45, 7) is 0. The van der Waals surface area contributed by atoms with Crippen LogP contribution in [0.5, 0.6) is 0 Å². The molecule has 2 aromatic rings. The minimum absolute atomic E-state index is 0.125. The van der Waals surface area contributed by atoms with Gasteiger partial charge in [-0.25, -0.2) is 13.6 Å². The number of hydrogen-bond acceptors (Lipinski definition) is 3. The van der Waals surface area contributed by atoms with Crippen LogP contribution in [-0.4, -0.2) is 22.0 Å². The summed E-state index contributed by atoms with van der Waals surface area (Å²) in [5, 5.41) is 11.1. The standard InChI is InChI=1S/C13H8F2N2O3/c14-7-1-2-11(9(5-7)13(19)20)17-12(18)8-3-4-16-6-10(8)15/h1-6H,(H,17,18)(H,19,20). The molecule has 0 saturated carbocycles. The number of carbonyl (C=O) groups is 2. The van der Waals surface area contributed by atoms with Gasteiger partial charge in [0.05, 0.1) is 23.0 Å². The summed E-state index contributed by atoms with van der Waals surface area (Å²) in [4.78, 5) is 26.3. The highest BCUT2D eigenvalue weighted by atomic mass is 19.1. The summed E-state index contributed by atoms with van der Waals surface area (Å²) in [6, 6.07) is 4.00. The average Bonchev–Trinajstić information content (AvgIpc) is 2.41. The van der Waals surface area contributed by atoms with E-state index in [1.165, 1.54) is 6.20 Å². The maximum Gasteiger partial charge on any atom is 0.337 e. The minimum atomic E-state index is -1.41. The molecule has 0 aliphatic heterocycles. The summed E-state index contributed by atoms with van der Waals surface area (Å²) in [7, 11) is 0. The lowest BCUT2D eigenvalue weighted by molar-refractivity contribution is 0.0697. The van der Waals surface area contributed by atoms with E-state index in [1.807, 2.05) is 0 Å². The third-order valence-corrected chi connectivity index (χ3v) is 2.48. The third-order valence-electron chi connectivity index (χ3n) is 2.48. The van der Waals surface area contributed by atoms with Crippen molar-refractivity contribution < 1.29 is 23.5 Å². The van der Waals surface area contributed by atoms with Crippen LogP contribution in [0, 0.1) is 11.6 Å². The van der Waals surface area contributed by atoms with Gasteiger partial charge >= 0.3 is 5.97 Å². The predicted molar refractivity (Wildman–Crippen MR) is 65.5 cm³/mol. The molecule has 0 atom stereocenters. The fraction of sp³-hybridized carbons (Fsp3) is 0. The lowest BCUT2D eigenvalue weighted by atomic mass is 10.1. The maximum absolute atomic E-state index is 13.4. The predicted octanol–water partition coefficient (Wildman–Crippen LogP) is 2.31. The van der Waals surface area contributed by atoms with Gasteiger partial charge in [-0.15, -0.1) is 0 Å². The van der Waals surface area contributed by atoms with E-state index in [9.17, 15) is 18.4 Å². The highest BCUT2D eigenvalue weighted by Gasteiger charge is 2.16. The van der Waals surface area contributed by atoms with Crippen LogP contribution in [0.3, 0.4) is 0 Å². The smallest absolute Gasteiger partial charge is 0.337 e. The van der Waals surface area contributed by atoms with Gasteiger partial charge < -0.3 is 10.4 Å². The van der Waals surface area contributed by atoms with Gasteiger partial charge in [-0.05, 0) is 24.3 Å². The Balaban J connectivity index is 2.33. The molecular formula is C13H8F2N2O3. The van der Waals surface area contributed by atoms with Crippen molar-refractivity contribution in [3.63, 3.8) is 0 Å². The van der Waals surface area contributed by atoms with Crippen molar-refractivity contribution in [2.45, 2.75) is 0 Å². The first-order chi connectivity index (χ1) is 9.49. The molecule has 1 heterocycles. The van der Waals surface area contributed by atoms with Crippen LogP contribution < -0.4 is 5.32 Å². The van der Waals surface area contributed by atoms with E-state index in [2.05, 4.69) is 10.3 Å². The summed E-state index contributed by atoms with van der Waals surface area (Å²) in [6.07, 6.45) is 2.08. The second-order valence-corrected chi connectivity index (χ2v) is 3.80. The Bertz CT molecular complexity index is 689. The average molecular weight is 278 g/mol. The highest BCUT2D eigenvalue weighted by molar-refractivity contribution is 6.07. The SMILES string of the molecule is O=C(Nc1ccc(F)cc1C(=O)O)c1ccncc1F. The topological polar surface area (TPSA) is 79.3 Å². The minimum Gasteiger partial charge on any atom is -0.478 e. The molecular weight excluding hydrogens is 270 g/mol. The Labute approximate surface area is 111 Å². The quantitative estimate of drug-likeness (QED) is 0.903. The van der Waals surface area contributed by atoms with E-state index >= 15 is 0 Å². The van der Waals surface area contributed by atoms with E-state index in [1.54, 1.807) is 0 Å². The molecule has 1 aromatic carbocycles. The van der Waals surface area contributed by atoms with Crippen molar-refractivity contribution in [3.8, 4) is 0 Å². The van der Waals surface area contributed by atoms with Crippen molar-refractivity contribution in [2.75, 3.05) is 5.32 Å².